The van der Waals surface area contributed by atoms with Crippen molar-refractivity contribution in [2.24, 2.45) is 0 Å². The van der Waals surface area contributed by atoms with Gasteiger partial charge in [0.1, 0.15) is 11.5 Å². The lowest BCUT2D eigenvalue weighted by molar-refractivity contribution is -0.122. The predicted molar refractivity (Wildman–Crippen MR) is 85.9 cm³/mol. The Morgan fingerprint density at radius 1 is 1.23 bits per heavy atom. The molecule has 0 fully saturated rings. The lowest BCUT2D eigenvalue weighted by Crippen LogP contribution is -2.45. The normalized spacial score (nSPS) is 11.2. The minimum Gasteiger partial charge on any atom is -0.496 e. The molecule has 0 aliphatic carbocycles. The molecule has 0 unspecified atom stereocenters. The number of furan rings is 1. The van der Waals surface area contributed by atoms with Gasteiger partial charge in [-0.1, -0.05) is 18.2 Å². The molecule has 0 aliphatic heterocycles. The van der Waals surface area contributed by atoms with Gasteiger partial charge in [-0.3, -0.25) is 4.79 Å². The van der Waals surface area contributed by atoms with Gasteiger partial charge < -0.3 is 14.5 Å². The van der Waals surface area contributed by atoms with Crippen LogP contribution in [0.4, 0.5) is 0 Å². The van der Waals surface area contributed by atoms with Crippen molar-refractivity contribution in [2.45, 2.75) is 38.6 Å². The molecule has 4 nitrogen and oxygen atoms in total. The maximum absolute atomic E-state index is 12.1. The number of hydrogen-bond donors (Lipinski definition) is 1. The number of benzene rings is 1. The number of carbonyl (C=O) groups excluding carboxylic acids is 1. The van der Waals surface area contributed by atoms with Gasteiger partial charge in [0.05, 0.1) is 13.4 Å². The molecule has 1 aromatic heterocycles. The molecule has 2 aromatic rings. The summed E-state index contributed by atoms with van der Waals surface area (Å²) in [5, 5.41) is 3.08. The van der Waals surface area contributed by atoms with Crippen molar-refractivity contribution >= 4 is 5.91 Å². The van der Waals surface area contributed by atoms with Crippen LogP contribution in [0.25, 0.3) is 0 Å². The average Bonchev–Trinajstić information content (AvgIpc) is 2.98. The van der Waals surface area contributed by atoms with Crippen LogP contribution >= 0.6 is 0 Å². The quantitative estimate of drug-likeness (QED) is 0.853. The number of carbonyl (C=O) groups is 1. The number of para-hydroxylation sites is 1. The number of rotatable bonds is 7. The molecule has 118 valence electrons. The molecule has 0 atom stereocenters. The highest BCUT2D eigenvalue weighted by Crippen LogP contribution is 2.22. The number of amides is 1. The topological polar surface area (TPSA) is 51.5 Å². The minimum absolute atomic E-state index is 0.0243. The number of hydrogen-bond acceptors (Lipinski definition) is 3. The molecule has 0 saturated carbocycles. The maximum Gasteiger partial charge on any atom is 0.220 e. The highest BCUT2D eigenvalue weighted by atomic mass is 16.5. The van der Waals surface area contributed by atoms with Crippen LogP contribution in [0, 0.1) is 0 Å². The highest BCUT2D eigenvalue weighted by molar-refractivity contribution is 5.77. The van der Waals surface area contributed by atoms with Gasteiger partial charge in [-0.2, -0.15) is 0 Å². The van der Waals surface area contributed by atoms with E-state index in [9.17, 15) is 4.79 Å². The van der Waals surface area contributed by atoms with E-state index in [1.54, 1.807) is 13.4 Å². The van der Waals surface area contributed by atoms with E-state index in [4.69, 9.17) is 9.15 Å². The first kappa shape index (κ1) is 16.1. The third kappa shape index (κ3) is 4.65. The molecule has 2 rings (SSSR count). The van der Waals surface area contributed by atoms with E-state index >= 15 is 0 Å². The third-order valence-electron chi connectivity index (χ3n) is 3.48. The molecule has 1 N–H and O–H groups in total. The smallest absolute Gasteiger partial charge is 0.220 e. The third-order valence-corrected chi connectivity index (χ3v) is 3.48. The second kappa shape index (κ2) is 7.16. The van der Waals surface area contributed by atoms with Gasteiger partial charge >= 0.3 is 0 Å². The molecule has 22 heavy (non-hydrogen) atoms. The van der Waals surface area contributed by atoms with E-state index in [0.717, 1.165) is 17.1 Å². The Morgan fingerprint density at radius 3 is 2.68 bits per heavy atom. The van der Waals surface area contributed by atoms with Crippen molar-refractivity contribution < 1.29 is 13.9 Å². The zero-order valence-electron chi connectivity index (χ0n) is 13.4. The average molecular weight is 301 g/mol. The van der Waals surface area contributed by atoms with Gasteiger partial charge in [-0.15, -0.1) is 0 Å². The number of methoxy groups -OCH3 is 1. The molecule has 1 heterocycles. The van der Waals surface area contributed by atoms with Crippen molar-refractivity contribution in [3.05, 3.63) is 54.0 Å². The van der Waals surface area contributed by atoms with Crippen LogP contribution in [0.1, 0.15) is 31.6 Å². The van der Waals surface area contributed by atoms with Crippen LogP contribution in [0.2, 0.25) is 0 Å². The van der Waals surface area contributed by atoms with Crippen LogP contribution in [0.15, 0.2) is 47.1 Å². The molecule has 0 spiro atoms. The molecule has 1 amide bonds. The van der Waals surface area contributed by atoms with Crippen LogP contribution in [0.3, 0.4) is 0 Å². The van der Waals surface area contributed by atoms with Crippen LogP contribution in [-0.2, 0) is 17.6 Å². The Bertz CT molecular complexity index is 603. The summed E-state index contributed by atoms with van der Waals surface area (Å²) in [4.78, 5) is 12.1. The summed E-state index contributed by atoms with van der Waals surface area (Å²) < 4.78 is 10.6. The Labute approximate surface area is 131 Å². The predicted octanol–water partition coefficient (Wildman–Crippen LogP) is 3.36. The summed E-state index contributed by atoms with van der Waals surface area (Å²) in [6.45, 7) is 4.04. The Morgan fingerprint density at radius 2 is 2.00 bits per heavy atom. The Balaban J connectivity index is 1.90. The van der Waals surface area contributed by atoms with E-state index in [2.05, 4.69) is 5.32 Å². The zero-order valence-corrected chi connectivity index (χ0v) is 13.4. The Kier molecular flexibility index (Phi) is 5.26. The van der Waals surface area contributed by atoms with E-state index < -0.39 is 0 Å². The lowest BCUT2D eigenvalue weighted by atomic mass is 9.94. The van der Waals surface area contributed by atoms with Crippen LogP contribution in [0.5, 0.6) is 5.75 Å². The van der Waals surface area contributed by atoms with E-state index in [-0.39, 0.29) is 11.4 Å². The van der Waals surface area contributed by atoms with Crippen LogP contribution < -0.4 is 10.1 Å². The fourth-order valence-electron chi connectivity index (χ4n) is 2.50. The fraction of sp³-hybridized carbons (Fsp3) is 0.389. The summed E-state index contributed by atoms with van der Waals surface area (Å²) in [5.41, 5.74) is 0.746. The Hall–Kier alpha value is -2.23. The van der Waals surface area contributed by atoms with Crippen molar-refractivity contribution in [1.29, 1.82) is 0 Å². The van der Waals surface area contributed by atoms with Gasteiger partial charge in [0.2, 0.25) is 5.91 Å². The number of nitrogens with one attached hydrogen (secondary N) is 1. The largest absolute Gasteiger partial charge is 0.496 e. The van der Waals surface area contributed by atoms with Gasteiger partial charge in [0.15, 0.2) is 0 Å². The van der Waals surface area contributed by atoms with Crippen molar-refractivity contribution in [3.8, 4) is 5.75 Å². The first-order chi connectivity index (χ1) is 10.5. The summed E-state index contributed by atoms with van der Waals surface area (Å²) in [7, 11) is 1.66. The van der Waals surface area contributed by atoms with Gasteiger partial charge in [-0.05, 0) is 44.0 Å². The molecule has 0 radical (unpaired) electrons. The molecule has 0 saturated heterocycles. The van der Waals surface area contributed by atoms with E-state index in [1.807, 2.05) is 50.2 Å². The number of aryl methyl sites for hydroxylation is 1. The SMILES string of the molecule is COc1ccccc1CC(C)(C)NC(=O)CCc1ccco1. The molecular weight excluding hydrogens is 278 g/mol. The first-order valence-electron chi connectivity index (χ1n) is 7.45. The number of ether oxygens (including phenoxy) is 1. The first-order valence-corrected chi connectivity index (χ1v) is 7.45. The van der Waals surface area contributed by atoms with Crippen LogP contribution in [-0.4, -0.2) is 18.6 Å². The molecular formula is C18H23NO3. The van der Waals surface area contributed by atoms with Crippen molar-refractivity contribution in [1.82, 2.24) is 5.32 Å². The highest BCUT2D eigenvalue weighted by Gasteiger charge is 2.22. The summed E-state index contributed by atoms with van der Waals surface area (Å²) in [6, 6.07) is 11.6. The van der Waals surface area contributed by atoms with E-state index in [0.29, 0.717) is 19.3 Å². The summed E-state index contributed by atoms with van der Waals surface area (Å²) >= 11 is 0. The lowest BCUT2D eigenvalue weighted by Gasteiger charge is -2.27. The standard InChI is InChI=1S/C18H23NO3/c1-18(2,13-14-7-4-5-9-16(14)21-3)19-17(20)11-10-15-8-6-12-22-15/h4-9,12H,10-11,13H2,1-3H3,(H,19,20). The molecule has 0 aliphatic rings. The van der Waals surface area contributed by atoms with Gasteiger partial charge in [0, 0.05) is 18.4 Å². The van der Waals surface area contributed by atoms with Gasteiger partial charge in [-0.25, -0.2) is 0 Å². The van der Waals surface area contributed by atoms with E-state index in [1.165, 1.54) is 0 Å². The van der Waals surface area contributed by atoms with Crippen molar-refractivity contribution in [3.63, 3.8) is 0 Å². The maximum atomic E-state index is 12.1. The second-order valence-electron chi connectivity index (χ2n) is 6.00. The monoisotopic (exact) mass is 301 g/mol. The van der Waals surface area contributed by atoms with Crippen molar-refractivity contribution in [2.75, 3.05) is 7.11 Å². The summed E-state index contributed by atoms with van der Waals surface area (Å²) in [5.74, 6) is 1.70. The molecule has 1 aromatic carbocycles. The molecule has 0 bridgehead atoms. The summed E-state index contributed by atoms with van der Waals surface area (Å²) in [6.07, 6.45) is 3.37. The second-order valence-corrected chi connectivity index (χ2v) is 6.00. The zero-order chi connectivity index (χ0) is 16.0. The fourth-order valence-corrected chi connectivity index (χ4v) is 2.50. The van der Waals surface area contributed by atoms with Gasteiger partial charge in [0.25, 0.3) is 0 Å². The minimum atomic E-state index is -0.338. The molecule has 4 heteroatoms.